The molecule has 10 atom stereocenters. The van der Waals surface area contributed by atoms with Gasteiger partial charge in [-0.05, 0) is 98.5 Å². The predicted octanol–water partition coefficient (Wildman–Crippen LogP) is 4.99. The minimum absolute atomic E-state index is 0.110. The first kappa shape index (κ1) is 48.9. The molecule has 4 aliphatic rings. The number of carbonyl (C=O) groups excluding carboxylic acids is 6. The average molecular weight is 850 g/mol. The predicted molar refractivity (Wildman–Crippen MR) is 232 cm³/mol. The molecule has 1 fully saturated rings. The normalized spacial score (nSPS) is 30.3. The van der Waals surface area contributed by atoms with Crippen LogP contribution < -0.4 is 10.6 Å². The maximum absolute atomic E-state index is 14.6. The first-order valence-corrected chi connectivity index (χ1v) is 22.0. The lowest BCUT2D eigenvalue weighted by atomic mass is 9.81. The fourth-order valence-electron chi connectivity index (χ4n) is 8.40. The Hall–Kier alpha value is -4.72. The summed E-state index contributed by atoms with van der Waals surface area (Å²) >= 11 is 0. The summed E-state index contributed by atoms with van der Waals surface area (Å²) in [6.07, 6.45) is 7.31. The van der Waals surface area contributed by atoms with E-state index in [0.29, 0.717) is 56.4 Å². The van der Waals surface area contributed by atoms with E-state index in [4.69, 9.17) is 9.47 Å². The summed E-state index contributed by atoms with van der Waals surface area (Å²) in [4.78, 5) is 88.7. The number of nitrogens with zero attached hydrogens (tertiary/aromatic N) is 3. The number of carbonyl (C=O) groups is 6. The molecule has 0 saturated carbocycles. The van der Waals surface area contributed by atoms with Crippen molar-refractivity contribution < 1.29 is 43.3 Å². The molecule has 2 bridgehead atoms. The van der Waals surface area contributed by atoms with Gasteiger partial charge in [0.2, 0.25) is 23.6 Å². The van der Waals surface area contributed by atoms with Gasteiger partial charge in [-0.1, -0.05) is 73.1 Å². The minimum Gasteiger partial charge on any atom is -0.497 e. The van der Waals surface area contributed by atoms with Gasteiger partial charge in [-0.25, -0.2) is 4.79 Å². The zero-order valence-electron chi connectivity index (χ0n) is 38.2. The molecule has 3 heterocycles. The van der Waals surface area contributed by atoms with Gasteiger partial charge in [0, 0.05) is 32.7 Å². The maximum Gasteiger partial charge on any atom is 0.329 e. The van der Waals surface area contributed by atoms with Crippen LogP contribution in [0.25, 0.3) is 0 Å². The quantitative estimate of drug-likeness (QED) is 0.272. The molecule has 5 amide bonds. The number of amides is 5. The third kappa shape index (κ3) is 12.4. The Morgan fingerprint density at radius 1 is 0.951 bits per heavy atom. The van der Waals surface area contributed by atoms with Crippen LogP contribution in [0.15, 0.2) is 48.3 Å². The lowest BCUT2D eigenvalue weighted by Gasteiger charge is -2.39. The van der Waals surface area contributed by atoms with Crippen molar-refractivity contribution in [3.8, 4) is 0 Å². The maximum atomic E-state index is 14.6. The van der Waals surface area contributed by atoms with Crippen LogP contribution in [-0.2, 0) is 40.0 Å². The SMILES string of the molecule is CCC(C)C1C(=O)N2CCCC2C(=O)O[C@H](C(C)(C)C)CC(C)C[C@H](O)[C@@H](C)C(=O)NCc2ccc(cc2)C(=O)NC(CC2C=CC(OC)=CC2)C(=O)N(C)C(C)C(=O)N1C. The fraction of sp³-hybridized carbons (Fsp3) is 0.660. The molecule has 1 aliphatic carbocycles. The molecular formula is C47H71N5O9. The van der Waals surface area contributed by atoms with Crippen LogP contribution in [0.3, 0.4) is 0 Å². The molecule has 14 heteroatoms. The smallest absolute Gasteiger partial charge is 0.329 e. The van der Waals surface area contributed by atoms with E-state index < -0.39 is 71.4 Å². The van der Waals surface area contributed by atoms with Crippen LogP contribution in [0.5, 0.6) is 0 Å². The topological polar surface area (TPSA) is 175 Å². The van der Waals surface area contributed by atoms with Crippen LogP contribution in [0.2, 0.25) is 0 Å². The van der Waals surface area contributed by atoms with Gasteiger partial charge in [-0.15, -0.1) is 0 Å². The van der Waals surface area contributed by atoms with Crippen molar-refractivity contribution in [3.05, 3.63) is 59.4 Å². The van der Waals surface area contributed by atoms with Crippen LogP contribution in [0, 0.1) is 29.1 Å². The van der Waals surface area contributed by atoms with Crippen molar-refractivity contribution in [2.75, 3.05) is 27.7 Å². The van der Waals surface area contributed by atoms with Crippen molar-refractivity contribution in [1.29, 1.82) is 0 Å². The van der Waals surface area contributed by atoms with Crippen molar-refractivity contribution >= 4 is 35.5 Å². The number of ether oxygens (including phenoxy) is 2. The monoisotopic (exact) mass is 850 g/mol. The van der Waals surface area contributed by atoms with Gasteiger partial charge in [0.1, 0.15) is 36.0 Å². The second-order valence-corrected chi connectivity index (χ2v) is 18.7. The van der Waals surface area contributed by atoms with Crippen LogP contribution in [0.4, 0.5) is 0 Å². The number of nitrogens with one attached hydrogen (secondary N) is 2. The number of benzene rings is 1. The molecule has 7 unspecified atom stereocenters. The second-order valence-electron chi connectivity index (χ2n) is 18.7. The van der Waals surface area contributed by atoms with E-state index in [2.05, 4.69) is 10.6 Å². The number of aliphatic hydroxyl groups excluding tert-OH is 1. The number of esters is 1. The van der Waals surface area contributed by atoms with Crippen molar-refractivity contribution in [2.24, 2.45) is 29.1 Å². The van der Waals surface area contributed by atoms with Gasteiger partial charge in [0.05, 0.1) is 19.1 Å². The number of hydrogen-bond acceptors (Lipinski definition) is 9. The van der Waals surface area contributed by atoms with E-state index in [-0.39, 0.29) is 42.5 Å². The van der Waals surface area contributed by atoms with E-state index >= 15 is 0 Å². The number of hydrogen-bond donors (Lipinski definition) is 3. The Morgan fingerprint density at radius 3 is 2.21 bits per heavy atom. The molecular weight excluding hydrogens is 779 g/mol. The van der Waals surface area contributed by atoms with Gasteiger partial charge in [0.15, 0.2) is 0 Å². The summed E-state index contributed by atoms with van der Waals surface area (Å²) in [5, 5.41) is 17.0. The Bertz CT molecular complexity index is 1790. The lowest BCUT2D eigenvalue weighted by Crippen LogP contribution is -2.59. The van der Waals surface area contributed by atoms with E-state index in [0.717, 1.165) is 5.56 Å². The third-order valence-electron chi connectivity index (χ3n) is 13.0. The third-order valence-corrected chi connectivity index (χ3v) is 13.0. The highest BCUT2D eigenvalue weighted by molar-refractivity contribution is 5.99. The van der Waals surface area contributed by atoms with Crippen LogP contribution in [0.1, 0.15) is 116 Å². The standard InChI is InChI=1S/C47H71N5O9/c1-12-29(3)40-45(58)52-23-13-14-37(52)46(59)61-39(47(6,7)8)25-28(2)24-38(53)30(4)41(54)48-27-33-15-19-34(20-16-33)42(55)49-36(26-32-17-21-35(60-11)22-18-32)44(57)50(9)31(5)43(56)51(40)10/h15-17,19-22,28-32,36-40,53H,12-14,18,23-27H2,1-11H3,(H,48,54)(H,49,55)/t28?,29?,30-,31?,32?,36?,37?,38+,39+,40?/m1/s1. The highest BCUT2D eigenvalue weighted by Crippen LogP contribution is 2.33. The van der Waals surface area contributed by atoms with Crippen LogP contribution in [-0.4, -0.2) is 119 Å². The lowest BCUT2D eigenvalue weighted by molar-refractivity contribution is -0.166. The molecule has 0 aromatic heterocycles. The second kappa shape index (κ2) is 21.4. The molecule has 0 spiro atoms. The Morgan fingerprint density at radius 2 is 1.62 bits per heavy atom. The Balaban J connectivity index is 1.70. The average Bonchev–Trinajstić information content (AvgIpc) is 3.74. The highest BCUT2D eigenvalue weighted by atomic mass is 16.5. The molecule has 3 aliphatic heterocycles. The molecule has 1 saturated heterocycles. The molecule has 5 rings (SSSR count). The molecule has 338 valence electrons. The first-order chi connectivity index (χ1) is 28.7. The zero-order valence-corrected chi connectivity index (χ0v) is 38.2. The van der Waals surface area contributed by atoms with E-state index in [9.17, 15) is 33.9 Å². The van der Waals surface area contributed by atoms with E-state index in [1.165, 1.54) is 16.8 Å². The number of likely N-dealkylation sites (N-methyl/N-ethyl adjacent to an activating group) is 2. The molecule has 1 aromatic rings. The highest BCUT2D eigenvalue weighted by Gasteiger charge is 2.44. The summed E-state index contributed by atoms with van der Waals surface area (Å²) in [6.45, 7) is 15.5. The van der Waals surface area contributed by atoms with E-state index in [1.54, 1.807) is 57.2 Å². The zero-order chi connectivity index (χ0) is 45.3. The summed E-state index contributed by atoms with van der Waals surface area (Å²) < 4.78 is 11.6. The van der Waals surface area contributed by atoms with Crippen LogP contribution >= 0.6 is 0 Å². The van der Waals surface area contributed by atoms with Crippen molar-refractivity contribution in [2.45, 2.75) is 143 Å². The fourth-order valence-corrected chi connectivity index (χ4v) is 8.40. The molecule has 3 N–H and O–H groups in total. The summed E-state index contributed by atoms with van der Waals surface area (Å²) in [6, 6.07) is 2.90. The molecule has 61 heavy (non-hydrogen) atoms. The van der Waals surface area contributed by atoms with E-state index in [1.807, 2.05) is 59.8 Å². The van der Waals surface area contributed by atoms with Gasteiger partial charge >= 0.3 is 5.97 Å². The molecule has 1 aromatic carbocycles. The Labute approximate surface area is 362 Å². The van der Waals surface area contributed by atoms with Gasteiger partial charge < -0.3 is 39.9 Å². The number of aliphatic hydroxyl groups is 1. The number of methoxy groups -OCH3 is 1. The van der Waals surface area contributed by atoms with Gasteiger partial charge in [0.25, 0.3) is 5.91 Å². The number of allylic oxidation sites excluding steroid dienone is 3. The summed E-state index contributed by atoms with van der Waals surface area (Å²) in [5.41, 5.74) is 0.574. The van der Waals surface area contributed by atoms with Crippen molar-refractivity contribution in [1.82, 2.24) is 25.3 Å². The molecule has 0 radical (unpaired) electrons. The van der Waals surface area contributed by atoms with Gasteiger partial charge in [-0.3, -0.25) is 24.0 Å². The number of rotatable bonds is 5. The van der Waals surface area contributed by atoms with Gasteiger partial charge in [-0.2, -0.15) is 0 Å². The molecule has 14 nitrogen and oxygen atoms in total. The Kier molecular flexibility index (Phi) is 17.2. The first-order valence-electron chi connectivity index (χ1n) is 22.0. The minimum atomic E-state index is -1.01. The number of fused-ring (bicyclic) bond motifs is 21. The summed E-state index contributed by atoms with van der Waals surface area (Å²) in [7, 11) is 4.67. The largest absolute Gasteiger partial charge is 0.497 e. The van der Waals surface area contributed by atoms with Crippen molar-refractivity contribution in [3.63, 3.8) is 0 Å². The summed E-state index contributed by atoms with van der Waals surface area (Å²) in [5.74, 6) is -3.15.